The summed E-state index contributed by atoms with van der Waals surface area (Å²) in [5, 5.41) is 6.79. The van der Waals surface area contributed by atoms with E-state index in [1.807, 2.05) is 6.20 Å². The highest BCUT2D eigenvalue weighted by molar-refractivity contribution is 14.0. The highest BCUT2D eigenvalue weighted by Crippen LogP contribution is 2.18. The smallest absolute Gasteiger partial charge is 0.191 e. The van der Waals surface area contributed by atoms with Gasteiger partial charge in [-0.25, -0.2) is 4.98 Å². The van der Waals surface area contributed by atoms with Crippen molar-refractivity contribution < 1.29 is 0 Å². The van der Waals surface area contributed by atoms with E-state index >= 15 is 0 Å². The number of pyridine rings is 1. The van der Waals surface area contributed by atoms with E-state index < -0.39 is 0 Å². The van der Waals surface area contributed by atoms with Crippen molar-refractivity contribution in [2.45, 2.75) is 45.7 Å². The summed E-state index contributed by atoms with van der Waals surface area (Å²) in [6.45, 7) is 5.84. The Morgan fingerprint density at radius 2 is 1.68 bits per heavy atom. The Kier molecular flexibility index (Phi) is 9.54. The molecule has 2 heterocycles. The molecule has 2 aromatic rings. The van der Waals surface area contributed by atoms with E-state index in [9.17, 15) is 0 Å². The van der Waals surface area contributed by atoms with Crippen molar-refractivity contribution in [2.24, 2.45) is 4.99 Å². The number of halogens is 1. The summed E-state index contributed by atoms with van der Waals surface area (Å²) < 4.78 is 0. The zero-order chi connectivity index (χ0) is 18.9. The van der Waals surface area contributed by atoms with Crippen LogP contribution in [-0.4, -0.2) is 31.1 Å². The molecule has 6 heteroatoms. The summed E-state index contributed by atoms with van der Waals surface area (Å²) in [7, 11) is 1.81. The summed E-state index contributed by atoms with van der Waals surface area (Å²) in [6, 6.07) is 12.8. The van der Waals surface area contributed by atoms with Gasteiger partial charge in [0.05, 0.1) is 0 Å². The van der Waals surface area contributed by atoms with Gasteiger partial charge in [-0.1, -0.05) is 42.7 Å². The Balaban J connectivity index is 0.00000280. The van der Waals surface area contributed by atoms with Crippen molar-refractivity contribution in [3.63, 3.8) is 0 Å². The van der Waals surface area contributed by atoms with Gasteiger partial charge in [-0.2, -0.15) is 0 Å². The van der Waals surface area contributed by atoms with Gasteiger partial charge in [0, 0.05) is 39.4 Å². The molecule has 0 bridgehead atoms. The van der Waals surface area contributed by atoms with Crippen molar-refractivity contribution in [2.75, 3.05) is 25.0 Å². The van der Waals surface area contributed by atoms with Crippen LogP contribution in [0.15, 0.2) is 47.6 Å². The first kappa shape index (κ1) is 22.5. The zero-order valence-electron chi connectivity index (χ0n) is 16.9. The number of guanidine groups is 1. The van der Waals surface area contributed by atoms with E-state index in [0.29, 0.717) is 0 Å². The third-order valence-corrected chi connectivity index (χ3v) is 4.97. The molecule has 1 aromatic heterocycles. The van der Waals surface area contributed by atoms with Crippen LogP contribution in [0.25, 0.3) is 0 Å². The fraction of sp³-hybridized carbons (Fsp3) is 0.455. The number of nitrogens with one attached hydrogen (secondary N) is 2. The van der Waals surface area contributed by atoms with Crippen LogP contribution in [0, 0.1) is 6.92 Å². The van der Waals surface area contributed by atoms with Gasteiger partial charge >= 0.3 is 0 Å². The number of hydrogen-bond donors (Lipinski definition) is 2. The fourth-order valence-electron chi connectivity index (χ4n) is 3.46. The molecule has 1 fully saturated rings. The van der Waals surface area contributed by atoms with E-state index in [2.05, 4.69) is 68.8 Å². The first-order valence-electron chi connectivity index (χ1n) is 9.94. The van der Waals surface area contributed by atoms with Gasteiger partial charge in [-0.15, -0.1) is 24.0 Å². The minimum absolute atomic E-state index is 0. The van der Waals surface area contributed by atoms with Crippen LogP contribution in [0.5, 0.6) is 0 Å². The van der Waals surface area contributed by atoms with Crippen LogP contribution in [0.2, 0.25) is 0 Å². The molecule has 5 nitrogen and oxygen atoms in total. The summed E-state index contributed by atoms with van der Waals surface area (Å²) in [4.78, 5) is 11.3. The molecule has 1 aliphatic rings. The first-order chi connectivity index (χ1) is 13.2. The number of nitrogens with zero attached hydrogens (tertiary/aromatic N) is 3. The van der Waals surface area contributed by atoms with E-state index in [1.165, 1.54) is 42.4 Å². The molecule has 2 N–H and O–H groups in total. The van der Waals surface area contributed by atoms with Crippen LogP contribution in [0.3, 0.4) is 0 Å². The number of benzene rings is 1. The van der Waals surface area contributed by atoms with Crippen molar-refractivity contribution in [1.82, 2.24) is 15.6 Å². The van der Waals surface area contributed by atoms with Gasteiger partial charge in [0.25, 0.3) is 0 Å². The third-order valence-electron chi connectivity index (χ3n) is 4.97. The van der Waals surface area contributed by atoms with Crippen molar-refractivity contribution >= 4 is 35.8 Å². The molecule has 1 aliphatic heterocycles. The number of rotatable bonds is 5. The number of aliphatic imine (C=N–C) groups is 1. The predicted molar refractivity (Wildman–Crippen MR) is 129 cm³/mol. The Morgan fingerprint density at radius 3 is 2.32 bits per heavy atom. The lowest BCUT2D eigenvalue weighted by Crippen LogP contribution is -2.36. The summed E-state index contributed by atoms with van der Waals surface area (Å²) in [5.74, 6) is 1.91. The number of aromatic nitrogens is 1. The van der Waals surface area contributed by atoms with Gasteiger partial charge in [0.2, 0.25) is 0 Å². The molecule has 0 amide bonds. The van der Waals surface area contributed by atoms with Crippen LogP contribution < -0.4 is 15.5 Å². The van der Waals surface area contributed by atoms with Crippen LogP contribution in [0.4, 0.5) is 5.82 Å². The quantitative estimate of drug-likeness (QED) is 0.372. The first-order valence-corrected chi connectivity index (χ1v) is 9.94. The molecule has 0 unspecified atom stereocenters. The van der Waals surface area contributed by atoms with Gasteiger partial charge in [0.1, 0.15) is 5.82 Å². The lowest BCUT2D eigenvalue weighted by molar-refractivity contribution is 0.726. The molecule has 1 aromatic carbocycles. The standard InChI is InChI=1S/C22H31N5.HI/c1-18-8-7-9-19(14-18)16-25-22(23-2)26-17-20-10-11-24-21(15-20)27-12-5-3-4-6-13-27;/h7-11,14-15H,3-6,12-13,16-17H2,1-2H3,(H2,23,25,26);1H. The molecular weight excluding hydrogens is 461 g/mol. The molecule has 0 spiro atoms. The van der Waals surface area contributed by atoms with E-state index in [0.717, 1.165) is 38.0 Å². The monoisotopic (exact) mass is 493 g/mol. The second kappa shape index (κ2) is 11.9. The summed E-state index contributed by atoms with van der Waals surface area (Å²) in [5.41, 5.74) is 3.75. The summed E-state index contributed by atoms with van der Waals surface area (Å²) >= 11 is 0. The number of anilines is 1. The van der Waals surface area contributed by atoms with Crippen molar-refractivity contribution in [1.29, 1.82) is 0 Å². The molecule has 0 radical (unpaired) electrons. The van der Waals surface area contributed by atoms with Gasteiger partial charge in [-0.3, -0.25) is 4.99 Å². The molecule has 28 heavy (non-hydrogen) atoms. The number of hydrogen-bond acceptors (Lipinski definition) is 3. The van der Waals surface area contributed by atoms with Crippen LogP contribution in [-0.2, 0) is 13.1 Å². The highest BCUT2D eigenvalue weighted by Gasteiger charge is 2.11. The average Bonchev–Trinajstić information content (AvgIpc) is 2.98. The van der Waals surface area contributed by atoms with Crippen LogP contribution >= 0.6 is 24.0 Å². The molecule has 1 saturated heterocycles. The minimum atomic E-state index is 0. The second-order valence-electron chi connectivity index (χ2n) is 7.19. The van der Waals surface area contributed by atoms with E-state index in [-0.39, 0.29) is 24.0 Å². The molecule has 0 atom stereocenters. The largest absolute Gasteiger partial charge is 0.357 e. The van der Waals surface area contributed by atoms with E-state index in [1.54, 1.807) is 7.05 Å². The molecule has 0 aliphatic carbocycles. The minimum Gasteiger partial charge on any atom is -0.357 e. The van der Waals surface area contributed by atoms with Gasteiger partial charge < -0.3 is 15.5 Å². The van der Waals surface area contributed by atoms with Gasteiger partial charge in [0.15, 0.2) is 5.96 Å². The molecule has 0 saturated carbocycles. The fourth-order valence-corrected chi connectivity index (χ4v) is 3.46. The normalized spacial score (nSPS) is 14.8. The topological polar surface area (TPSA) is 52.6 Å². The Morgan fingerprint density at radius 1 is 1.00 bits per heavy atom. The maximum Gasteiger partial charge on any atom is 0.191 e. The maximum atomic E-state index is 4.59. The SMILES string of the molecule is CN=C(NCc1cccc(C)c1)NCc1ccnc(N2CCCCCC2)c1.I. The average molecular weight is 493 g/mol. The maximum absolute atomic E-state index is 4.59. The second-order valence-corrected chi connectivity index (χ2v) is 7.19. The third kappa shape index (κ3) is 6.96. The molecular formula is C22H32IN5. The van der Waals surface area contributed by atoms with Crippen molar-refractivity contribution in [3.05, 3.63) is 59.3 Å². The van der Waals surface area contributed by atoms with Gasteiger partial charge in [-0.05, 0) is 43.0 Å². The van der Waals surface area contributed by atoms with E-state index in [4.69, 9.17) is 0 Å². The molecule has 3 rings (SSSR count). The van der Waals surface area contributed by atoms with Crippen molar-refractivity contribution in [3.8, 4) is 0 Å². The lowest BCUT2D eigenvalue weighted by atomic mass is 10.1. The summed E-state index contributed by atoms with van der Waals surface area (Å²) in [6.07, 6.45) is 7.11. The Hall–Kier alpha value is -1.83. The predicted octanol–water partition coefficient (Wildman–Crippen LogP) is 4.25. The Labute approximate surface area is 186 Å². The highest BCUT2D eigenvalue weighted by atomic mass is 127. The number of aryl methyl sites for hydroxylation is 1. The van der Waals surface area contributed by atoms with Crippen LogP contribution in [0.1, 0.15) is 42.4 Å². The lowest BCUT2D eigenvalue weighted by Gasteiger charge is -2.22. The zero-order valence-corrected chi connectivity index (χ0v) is 19.3. The molecule has 152 valence electrons. The Bertz CT molecular complexity index is 754.